The van der Waals surface area contributed by atoms with Crippen LogP contribution in [0.15, 0.2) is 12.2 Å². The van der Waals surface area contributed by atoms with Crippen LogP contribution in [-0.2, 0) is 0 Å². The second-order valence-corrected chi connectivity index (χ2v) is 3.21. The van der Waals surface area contributed by atoms with Crippen LogP contribution in [0, 0.1) is 5.92 Å². The van der Waals surface area contributed by atoms with E-state index in [0.29, 0.717) is 0 Å². The van der Waals surface area contributed by atoms with Crippen molar-refractivity contribution in [1.29, 1.82) is 0 Å². The Morgan fingerprint density at radius 3 is 1.25 bits per heavy atom. The quantitative estimate of drug-likeness (QED) is 0.531. The zero-order chi connectivity index (χ0) is 9.82. The molecule has 0 radical (unpaired) electrons. The first kappa shape index (κ1) is 14.3. The summed E-state index contributed by atoms with van der Waals surface area (Å²) >= 11 is 0. The maximum atomic E-state index is 2.28. The van der Waals surface area contributed by atoms with Crippen molar-refractivity contribution in [2.45, 2.75) is 60.3 Å². The van der Waals surface area contributed by atoms with Crippen molar-refractivity contribution in [3.8, 4) is 0 Å². The van der Waals surface area contributed by atoms with E-state index in [9.17, 15) is 0 Å². The van der Waals surface area contributed by atoms with Crippen LogP contribution in [0.1, 0.15) is 60.3 Å². The summed E-state index contributed by atoms with van der Waals surface area (Å²) in [4.78, 5) is 0. The van der Waals surface area contributed by atoms with Crippen molar-refractivity contribution in [3.63, 3.8) is 0 Å². The lowest BCUT2D eigenvalue weighted by atomic mass is 10.1. The Hall–Kier alpha value is -0.260. The molecule has 0 aromatic rings. The lowest BCUT2D eigenvalue weighted by Gasteiger charge is -1.98. The van der Waals surface area contributed by atoms with Gasteiger partial charge in [-0.1, -0.05) is 59.6 Å². The molecular formula is C12H26. The average Bonchev–Trinajstić information content (AvgIpc) is 2.14. The van der Waals surface area contributed by atoms with Crippen molar-refractivity contribution in [1.82, 2.24) is 0 Å². The summed E-state index contributed by atoms with van der Waals surface area (Å²) in [6.07, 6.45) is 9.37. The predicted octanol–water partition coefficient (Wildman–Crippen LogP) is 4.81. The molecule has 0 heterocycles. The standard InChI is InChI=1S/C6H14.C6H12/c1-4-6(3)5-2;1-3-5-6-4-2/h6H,4-5H2,1-3H3;5-6H,3-4H2,1-2H3/b;6-5-. The second-order valence-electron chi connectivity index (χ2n) is 3.21. The molecular weight excluding hydrogens is 144 g/mol. The predicted molar refractivity (Wildman–Crippen MR) is 59.5 cm³/mol. The minimum absolute atomic E-state index is 0.935. The maximum absolute atomic E-state index is 2.28. The fraction of sp³-hybridized carbons (Fsp3) is 0.833. The molecule has 0 aromatic carbocycles. The van der Waals surface area contributed by atoms with Gasteiger partial charge >= 0.3 is 0 Å². The first-order valence-electron chi connectivity index (χ1n) is 5.37. The molecule has 0 rings (SSSR count). The van der Waals surface area contributed by atoms with Crippen LogP contribution >= 0.6 is 0 Å². The molecule has 0 saturated heterocycles. The molecule has 0 atom stereocenters. The van der Waals surface area contributed by atoms with Crippen LogP contribution in [0.4, 0.5) is 0 Å². The topological polar surface area (TPSA) is 0 Å². The number of allylic oxidation sites excluding steroid dienone is 2. The molecule has 0 aliphatic heterocycles. The molecule has 0 amide bonds. The summed E-state index contributed by atoms with van der Waals surface area (Å²) in [7, 11) is 0. The van der Waals surface area contributed by atoms with Gasteiger partial charge in [0.15, 0.2) is 0 Å². The fourth-order valence-electron chi connectivity index (χ4n) is 0.622. The first-order chi connectivity index (χ1) is 5.72. The molecule has 12 heavy (non-hydrogen) atoms. The fourth-order valence-corrected chi connectivity index (χ4v) is 0.622. The van der Waals surface area contributed by atoms with Gasteiger partial charge in [-0.25, -0.2) is 0 Å². The Morgan fingerprint density at radius 1 is 0.833 bits per heavy atom. The Morgan fingerprint density at radius 2 is 1.17 bits per heavy atom. The zero-order valence-corrected chi connectivity index (χ0v) is 9.56. The van der Waals surface area contributed by atoms with Gasteiger partial charge in [0.25, 0.3) is 0 Å². The highest BCUT2D eigenvalue weighted by molar-refractivity contribution is 4.77. The molecule has 0 aliphatic rings. The molecule has 0 heteroatoms. The van der Waals surface area contributed by atoms with E-state index in [1.54, 1.807) is 0 Å². The molecule has 0 saturated carbocycles. The summed E-state index contributed by atoms with van der Waals surface area (Å²) in [6, 6.07) is 0. The molecule has 74 valence electrons. The lowest BCUT2D eigenvalue weighted by molar-refractivity contribution is 0.544. The molecule has 0 spiro atoms. The highest BCUT2D eigenvalue weighted by atomic mass is 13.9. The molecule has 0 bridgehead atoms. The van der Waals surface area contributed by atoms with E-state index >= 15 is 0 Å². The first-order valence-corrected chi connectivity index (χ1v) is 5.37. The van der Waals surface area contributed by atoms with Crippen LogP contribution in [-0.4, -0.2) is 0 Å². The number of hydrogen-bond acceptors (Lipinski definition) is 0. The van der Waals surface area contributed by atoms with Crippen LogP contribution in [0.2, 0.25) is 0 Å². The normalized spacial score (nSPS) is 10.2. The maximum Gasteiger partial charge on any atom is -0.0379 e. The molecule has 0 N–H and O–H groups in total. The minimum Gasteiger partial charge on any atom is -0.0888 e. The smallest absolute Gasteiger partial charge is 0.0379 e. The van der Waals surface area contributed by atoms with E-state index in [1.165, 1.54) is 25.7 Å². The Kier molecular flexibility index (Phi) is 15.9. The van der Waals surface area contributed by atoms with Crippen molar-refractivity contribution in [3.05, 3.63) is 12.2 Å². The SMILES string of the molecule is CC/C=C\CC.CCC(C)CC. The van der Waals surface area contributed by atoms with Gasteiger partial charge < -0.3 is 0 Å². The minimum atomic E-state index is 0.935. The van der Waals surface area contributed by atoms with E-state index < -0.39 is 0 Å². The average molecular weight is 170 g/mol. The number of hydrogen-bond donors (Lipinski definition) is 0. The summed E-state index contributed by atoms with van der Waals surface area (Å²) < 4.78 is 0. The van der Waals surface area contributed by atoms with Crippen molar-refractivity contribution in [2.24, 2.45) is 5.92 Å². The van der Waals surface area contributed by atoms with Gasteiger partial charge in [-0.05, 0) is 18.8 Å². The van der Waals surface area contributed by atoms with Crippen LogP contribution < -0.4 is 0 Å². The van der Waals surface area contributed by atoms with Gasteiger partial charge in [-0.3, -0.25) is 0 Å². The summed E-state index contributed by atoms with van der Waals surface area (Å²) in [5, 5.41) is 0. The summed E-state index contributed by atoms with van der Waals surface area (Å²) in [5.74, 6) is 0.935. The van der Waals surface area contributed by atoms with E-state index in [-0.39, 0.29) is 0 Å². The van der Waals surface area contributed by atoms with Gasteiger partial charge in [-0.15, -0.1) is 0 Å². The monoisotopic (exact) mass is 170 g/mol. The van der Waals surface area contributed by atoms with Gasteiger partial charge in [-0.2, -0.15) is 0 Å². The van der Waals surface area contributed by atoms with E-state index in [1.807, 2.05) is 0 Å². The third-order valence-corrected chi connectivity index (χ3v) is 2.03. The third-order valence-electron chi connectivity index (χ3n) is 2.03. The van der Waals surface area contributed by atoms with Gasteiger partial charge in [0.1, 0.15) is 0 Å². The zero-order valence-electron chi connectivity index (χ0n) is 9.56. The van der Waals surface area contributed by atoms with Gasteiger partial charge in [0, 0.05) is 0 Å². The lowest BCUT2D eigenvalue weighted by Crippen LogP contribution is -1.85. The van der Waals surface area contributed by atoms with Crippen molar-refractivity contribution < 1.29 is 0 Å². The van der Waals surface area contributed by atoms with E-state index in [4.69, 9.17) is 0 Å². The van der Waals surface area contributed by atoms with Crippen LogP contribution in [0.5, 0.6) is 0 Å². The van der Waals surface area contributed by atoms with Gasteiger partial charge in [0.2, 0.25) is 0 Å². The second kappa shape index (κ2) is 13.3. The molecule has 0 aliphatic carbocycles. The van der Waals surface area contributed by atoms with Crippen LogP contribution in [0.3, 0.4) is 0 Å². The molecule has 0 unspecified atom stereocenters. The van der Waals surface area contributed by atoms with E-state index in [2.05, 4.69) is 46.8 Å². The third kappa shape index (κ3) is 16.4. The van der Waals surface area contributed by atoms with Gasteiger partial charge in [0.05, 0.1) is 0 Å². The molecule has 0 nitrogen and oxygen atoms in total. The van der Waals surface area contributed by atoms with Crippen molar-refractivity contribution in [2.75, 3.05) is 0 Å². The Balaban J connectivity index is 0. The summed E-state index contributed by atoms with van der Waals surface area (Å²) in [5.41, 5.74) is 0. The summed E-state index contributed by atoms with van der Waals surface area (Å²) in [6.45, 7) is 11.0. The van der Waals surface area contributed by atoms with Crippen LogP contribution in [0.25, 0.3) is 0 Å². The Bertz CT molecular complexity index is 72.0. The van der Waals surface area contributed by atoms with Crippen molar-refractivity contribution >= 4 is 0 Å². The molecule has 0 aromatic heterocycles. The molecule has 0 fully saturated rings. The number of rotatable bonds is 4. The highest BCUT2D eigenvalue weighted by Crippen LogP contribution is 2.02. The van der Waals surface area contributed by atoms with E-state index in [0.717, 1.165) is 5.92 Å². The highest BCUT2D eigenvalue weighted by Gasteiger charge is 1.88. The largest absolute Gasteiger partial charge is 0.0888 e. The Labute approximate surface area is 79.1 Å².